The molecule has 3 aliphatic heterocycles. The number of hydrogen-bond acceptors (Lipinski definition) is 6. The number of carbonyl (C=O) groups excluding carboxylic acids is 2. The molecule has 0 spiro atoms. The van der Waals surface area contributed by atoms with E-state index in [2.05, 4.69) is 10.9 Å². The predicted octanol–water partition coefficient (Wildman–Crippen LogP) is 4.13. The summed E-state index contributed by atoms with van der Waals surface area (Å²) in [5.74, 6) is -1.75. The summed E-state index contributed by atoms with van der Waals surface area (Å²) >= 11 is 0. The fourth-order valence-electron chi connectivity index (χ4n) is 6.39. The monoisotopic (exact) mass is 493 g/mol. The molecule has 3 saturated heterocycles. The van der Waals surface area contributed by atoms with Gasteiger partial charge in [-0.2, -0.15) is 5.26 Å². The third-order valence-corrected chi connectivity index (χ3v) is 8.13. The molecule has 3 heterocycles. The van der Waals surface area contributed by atoms with Crippen LogP contribution in [-0.2, 0) is 14.3 Å². The minimum Gasteiger partial charge on any atom is -0.493 e. The molecule has 8 nitrogen and oxygen atoms in total. The van der Waals surface area contributed by atoms with E-state index >= 15 is 0 Å². The Kier molecular flexibility index (Phi) is 5.10. The molecule has 184 valence electrons. The Morgan fingerprint density at radius 3 is 2.51 bits per heavy atom. The maximum absolute atomic E-state index is 14.0. The highest BCUT2D eigenvalue weighted by Gasteiger charge is 2.77. The molecule has 3 fully saturated rings. The first-order valence-corrected chi connectivity index (χ1v) is 12.1. The molecule has 3 aromatic rings. The molecule has 0 saturated carbocycles. The summed E-state index contributed by atoms with van der Waals surface area (Å²) in [5.41, 5.74) is -0.823. The van der Waals surface area contributed by atoms with E-state index in [4.69, 9.17) is 21.3 Å². The molecular formula is C29H23N3O5. The van der Waals surface area contributed by atoms with Crippen molar-refractivity contribution < 1.29 is 24.2 Å². The first-order valence-electron chi connectivity index (χ1n) is 12.1. The van der Waals surface area contributed by atoms with Crippen LogP contribution in [0.25, 0.3) is 15.6 Å². The topological polar surface area (TPSA) is 104 Å². The summed E-state index contributed by atoms with van der Waals surface area (Å²) in [5, 5.41) is 21.3. The summed E-state index contributed by atoms with van der Waals surface area (Å²) in [6, 6.07) is 19.3. The van der Waals surface area contributed by atoms with Gasteiger partial charge in [0, 0.05) is 12.8 Å². The average molecular weight is 494 g/mol. The van der Waals surface area contributed by atoms with Crippen LogP contribution in [-0.4, -0.2) is 40.8 Å². The van der Waals surface area contributed by atoms with E-state index in [1.54, 1.807) is 55.5 Å². The van der Waals surface area contributed by atoms with Gasteiger partial charge in [-0.1, -0.05) is 30.3 Å². The Hall–Kier alpha value is -4.24. The Morgan fingerprint density at radius 1 is 1.11 bits per heavy atom. The zero-order chi connectivity index (χ0) is 25.9. The lowest BCUT2D eigenvalue weighted by molar-refractivity contribution is -0.134. The SMILES string of the molecule is [C-]#[N+]c1ccc(N2C(=O)[C@@H]3[C@H](C2=O)C2(C)OC3(CCOc3ccc(C#N)cc3)C[C@H]2O)c2ccccc12. The lowest BCUT2D eigenvalue weighted by atomic mass is 9.66. The lowest BCUT2D eigenvalue weighted by Crippen LogP contribution is -2.49. The standard InChI is InChI=1S/C29H23N3O5/c1-28-23(33)15-29(37-28,13-14-36-18-9-7-17(16-30)8-10-18)25-24(28)26(34)32(27(25)35)22-12-11-21(31-2)19-5-3-4-6-20(19)22/h3-12,23-25,33H,13-15H2,1H3/t23-,24-,25+,28?,29?/m1/s1. The number of rotatable bonds is 5. The Balaban J connectivity index is 1.34. The first kappa shape index (κ1) is 23.2. The zero-order valence-electron chi connectivity index (χ0n) is 20.0. The van der Waals surface area contributed by atoms with Crippen molar-refractivity contribution in [1.29, 1.82) is 5.26 Å². The highest BCUT2D eigenvalue weighted by atomic mass is 16.6. The van der Waals surface area contributed by atoms with Crippen LogP contribution < -0.4 is 9.64 Å². The summed E-state index contributed by atoms with van der Waals surface area (Å²) < 4.78 is 12.2. The van der Waals surface area contributed by atoms with Gasteiger partial charge in [-0.25, -0.2) is 9.74 Å². The van der Waals surface area contributed by atoms with Crippen LogP contribution in [0.4, 0.5) is 11.4 Å². The molecule has 3 aromatic carbocycles. The van der Waals surface area contributed by atoms with Gasteiger partial charge in [0.1, 0.15) is 11.4 Å². The number of nitriles is 1. The second kappa shape index (κ2) is 8.14. The Labute approximate surface area is 213 Å². The van der Waals surface area contributed by atoms with E-state index in [9.17, 15) is 14.7 Å². The number of hydrogen-bond donors (Lipinski definition) is 1. The van der Waals surface area contributed by atoms with Crippen LogP contribution in [0.1, 0.15) is 25.3 Å². The number of nitrogens with zero attached hydrogens (tertiary/aromatic N) is 3. The number of imide groups is 1. The second-order valence-corrected chi connectivity index (χ2v) is 10.0. The van der Waals surface area contributed by atoms with Gasteiger partial charge in [-0.15, -0.1) is 0 Å². The second-order valence-electron chi connectivity index (χ2n) is 10.0. The molecule has 2 unspecified atom stereocenters. The molecule has 6 rings (SSSR count). The maximum Gasteiger partial charge on any atom is 0.240 e. The smallest absolute Gasteiger partial charge is 0.240 e. The van der Waals surface area contributed by atoms with E-state index < -0.39 is 35.0 Å². The highest BCUT2D eigenvalue weighted by molar-refractivity contribution is 6.26. The van der Waals surface area contributed by atoms with Crippen molar-refractivity contribution in [2.24, 2.45) is 11.8 Å². The molecule has 5 atom stereocenters. The minimum absolute atomic E-state index is 0.210. The summed E-state index contributed by atoms with van der Waals surface area (Å²) in [6.07, 6.45) is -0.363. The normalized spacial score (nSPS) is 29.8. The molecule has 2 amide bonds. The number of ether oxygens (including phenoxy) is 2. The van der Waals surface area contributed by atoms with Crippen molar-refractivity contribution in [1.82, 2.24) is 0 Å². The van der Waals surface area contributed by atoms with Crippen molar-refractivity contribution >= 4 is 34.0 Å². The van der Waals surface area contributed by atoms with Gasteiger partial charge in [0.15, 0.2) is 5.69 Å². The van der Waals surface area contributed by atoms with E-state index in [-0.39, 0.29) is 18.9 Å². The van der Waals surface area contributed by atoms with Gasteiger partial charge in [0.2, 0.25) is 11.8 Å². The van der Waals surface area contributed by atoms with Gasteiger partial charge in [0.25, 0.3) is 0 Å². The molecule has 0 aliphatic carbocycles. The van der Waals surface area contributed by atoms with Gasteiger partial charge in [-0.05, 0) is 48.0 Å². The lowest BCUT2D eigenvalue weighted by Gasteiger charge is -2.33. The summed E-state index contributed by atoms with van der Waals surface area (Å²) in [6.45, 7) is 9.40. The molecule has 0 radical (unpaired) electrons. The Morgan fingerprint density at radius 2 is 1.81 bits per heavy atom. The number of benzene rings is 3. The van der Waals surface area contributed by atoms with E-state index in [1.807, 2.05) is 12.1 Å². The van der Waals surface area contributed by atoms with Gasteiger partial charge < -0.3 is 14.6 Å². The fraction of sp³-hybridized carbons (Fsp3) is 0.310. The van der Waals surface area contributed by atoms with E-state index in [0.717, 1.165) is 0 Å². The predicted molar refractivity (Wildman–Crippen MR) is 134 cm³/mol. The molecule has 8 heteroatoms. The van der Waals surface area contributed by atoms with Crippen molar-refractivity contribution in [3.63, 3.8) is 0 Å². The molecule has 37 heavy (non-hydrogen) atoms. The maximum atomic E-state index is 14.0. The molecule has 1 N–H and O–H groups in total. The number of amides is 2. The van der Waals surface area contributed by atoms with Crippen LogP contribution in [0.5, 0.6) is 5.75 Å². The van der Waals surface area contributed by atoms with Crippen molar-refractivity contribution in [3.05, 3.63) is 77.6 Å². The molecule has 3 aliphatic rings. The van der Waals surface area contributed by atoms with Crippen LogP contribution in [0.3, 0.4) is 0 Å². The third kappa shape index (κ3) is 3.20. The van der Waals surface area contributed by atoms with Crippen LogP contribution >= 0.6 is 0 Å². The third-order valence-electron chi connectivity index (χ3n) is 8.13. The molecule has 2 bridgehead atoms. The number of aliphatic hydroxyl groups excluding tert-OH is 1. The Bertz CT molecular complexity index is 1540. The first-order chi connectivity index (χ1) is 17.8. The quantitative estimate of drug-likeness (QED) is 0.423. The summed E-state index contributed by atoms with van der Waals surface area (Å²) in [7, 11) is 0. The number of anilines is 1. The highest BCUT2D eigenvalue weighted by Crippen LogP contribution is 2.62. The summed E-state index contributed by atoms with van der Waals surface area (Å²) in [4.78, 5) is 32.6. The molecule has 0 aromatic heterocycles. The number of carbonyl (C=O) groups is 2. The van der Waals surface area contributed by atoms with Gasteiger partial charge >= 0.3 is 0 Å². The minimum atomic E-state index is -1.19. The number of fused-ring (bicyclic) bond motifs is 6. The van der Waals surface area contributed by atoms with Gasteiger partial charge in [-0.3, -0.25) is 9.59 Å². The van der Waals surface area contributed by atoms with Crippen LogP contribution in [0, 0.1) is 29.7 Å². The fourth-order valence-corrected chi connectivity index (χ4v) is 6.39. The van der Waals surface area contributed by atoms with Crippen LogP contribution in [0.2, 0.25) is 0 Å². The number of aliphatic hydroxyl groups is 1. The van der Waals surface area contributed by atoms with Crippen molar-refractivity contribution in [2.75, 3.05) is 11.5 Å². The van der Waals surface area contributed by atoms with Crippen LogP contribution in [0.15, 0.2) is 60.7 Å². The van der Waals surface area contributed by atoms with Crippen molar-refractivity contribution in [2.45, 2.75) is 37.1 Å². The van der Waals surface area contributed by atoms with E-state index in [0.29, 0.717) is 39.9 Å². The molecular weight excluding hydrogens is 470 g/mol. The van der Waals surface area contributed by atoms with Crippen molar-refractivity contribution in [3.8, 4) is 11.8 Å². The van der Waals surface area contributed by atoms with E-state index in [1.165, 1.54) is 4.90 Å². The largest absolute Gasteiger partial charge is 0.493 e. The zero-order valence-corrected chi connectivity index (χ0v) is 20.0. The van der Waals surface area contributed by atoms with Gasteiger partial charge in [0.05, 0.1) is 54.0 Å². The average Bonchev–Trinajstić information content (AvgIpc) is 3.44.